The van der Waals surface area contributed by atoms with E-state index in [1.54, 1.807) is 44.2 Å². The van der Waals surface area contributed by atoms with Crippen LogP contribution in [0.2, 0.25) is 5.02 Å². The van der Waals surface area contributed by atoms with Crippen LogP contribution in [0.3, 0.4) is 0 Å². The number of nitrogens with zero attached hydrogens (tertiary/aromatic N) is 2. The van der Waals surface area contributed by atoms with Crippen LogP contribution in [0.15, 0.2) is 41.3 Å². The average Bonchev–Trinajstić information content (AvgIpc) is 3.63. The van der Waals surface area contributed by atoms with Gasteiger partial charge in [-0.2, -0.15) is 4.31 Å². The number of halogens is 1. The van der Waals surface area contributed by atoms with Crippen molar-refractivity contribution in [3.63, 3.8) is 0 Å². The number of ether oxygens (including phenoxy) is 2. The van der Waals surface area contributed by atoms with Crippen molar-refractivity contribution in [2.24, 2.45) is 5.41 Å². The highest BCUT2D eigenvalue weighted by atomic mass is 35.5. The van der Waals surface area contributed by atoms with Gasteiger partial charge in [-0.1, -0.05) is 29.8 Å². The van der Waals surface area contributed by atoms with Gasteiger partial charge in [-0.25, -0.2) is 8.42 Å². The summed E-state index contributed by atoms with van der Waals surface area (Å²) in [5, 5.41) is 20.6. The number of fused-ring (bicyclic) bond motifs is 1. The molecule has 9 nitrogen and oxygen atoms in total. The summed E-state index contributed by atoms with van der Waals surface area (Å²) in [5.74, 6) is -0.324. The lowest BCUT2D eigenvalue weighted by atomic mass is 9.94. The first-order chi connectivity index (χ1) is 17.9. The molecule has 0 bridgehead atoms. The lowest BCUT2D eigenvalue weighted by molar-refractivity contribution is -0.0661. The molecule has 2 N–H and O–H groups in total. The maximum atomic E-state index is 13.7. The highest BCUT2D eigenvalue weighted by Gasteiger charge is 2.46. The molecule has 2 fully saturated rings. The summed E-state index contributed by atoms with van der Waals surface area (Å²) in [7, 11) is -3.89. The van der Waals surface area contributed by atoms with Crippen molar-refractivity contribution in [3.8, 4) is 0 Å². The normalized spacial score (nSPS) is 21.6. The van der Waals surface area contributed by atoms with Gasteiger partial charge in [0.1, 0.15) is 0 Å². The lowest BCUT2D eigenvalue weighted by Gasteiger charge is -2.30. The molecule has 2 aromatic carbocycles. The number of rotatable bonds is 9. The van der Waals surface area contributed by atoms with Crippen LogP contribution in [0.25, 0.3) is 0 Å². The number of aliphatic hydroxyl groups excluding tert-OH is 1. The molecule has 0 aromatic heterocycles. The number of morpholine rings is 1. The summed E-state index contributed by atoms with van der Waals surface area (Å²) < 4.78 is 40.2. The summed E-state index contributed by atoms with van der Waals surface area (Å²) in [4.78, 5) is 15.3. The van der Waals surface area contributed by atoms with E-state index in [0.29, 0.717) is 35.5 Å². The molecule has 2 heterocycles. The van der Waals surface area contributed by atoms with Crippen LogP contribution in [0.5, 0.6) is 0 Å². The molecular formula is C27H33ClN2O7S. The van der Waals surface area contributed by atoms with E-state index >= 15 is 0 Å². The zero-order chi connectivity index (χ0) is 27.3. The maximum absolute atomic E-state index is 13.7. The van der Waals surface area contributed by atoms with Gasteiger partial charge in [0.15, 0.2) is 6.23 Å². The second-order valence-corrected chi connectivity index (χ2v) is 13.2. The number of hydrogen-bond donors (Lipinski definition) is 2. The third-order valence-electron chi connectivity index (χ3n) is 7.60. The van der Waals surface area contributed by atoms with Gasteiger partial charge >= 0.3 is 0 Å². The molecule has 1 amide bonds. The second kappa shape index (κ2) is 10.2. The zero-order valence-corrected chi connectivity index (χ0v) is 23.1. The van der Waals surface area contributed by atoms with Crippen molar-refractivity contribution in [2.75, 3.05) is 39.5 Å². The van der Waals surface area contributed by atoms with E-state index in [1.807, 2.05) is 0 Å². The van der Waals surface area contributed by atoms with E-state index < -0.39 is 21.9 Å². The van der Waals surface area contributed by atoms with Gasteiger partial charge in [0.25, 0.3) is 5.91 Å². The van der Waals surface area contributed by atoms with Crippen LogP contribution in [-0.4, -0.2) is 73.3 Å². The Bertz CT molecular complexity index is 1330. The van der Waals surface area contributed by atoms with Crippen molar-refractivity contribution in [1.82, 2.24) is 9.21 Å². The van der Waals surface area contributed by atoms with Gasteiger partial charge in [-0.15, -0.1) is 0 Å². The van der Waals surface area contributed by atoms with Crippen molar-refractivity contribution in [2.45, 2.75) is 50.0 Å². The Morgan fingerprint density at radius 2 is 1.87 bits per heavy atom. The van der Waals surface area contributed by atoms with Crippen molar-refractivity contribution in [3.05, 3.63) is 63.7 Å². The summed E-state index contributed by atoms with van der Waals surface area (Å²) in [5.41, 5.74) is 0.584. The highest BCUT2D eigenvalue weighted by molar-refractivity contribution is 7.89. The van der Waals surface area contributed by atoms with Crippen molar-refractivity contribution < 1.29 is 32.9 Å². The number of aliphatic hydroxyl groups is 2. The first-order valence-corrected chi connectivity index (χ1v) is 14.5. The monoisotopic (exact) mass is 564 g/mol. The molecular weight excluding hydrogens is 532 g/mol. The molecule has 38 heavy (non-hydrogen) atoms. The molecule has 1 saturated carbocycles. The molecule has 206 valence electrons. The predicted octanol–water partition coefficient (Wildman–Crippen LogP) is 3.03. The number of benzene rings is 2. The summed E-state index contributed by atoms with van der Waals surface area (Å²) >= 11 is 6.23. The SMILES string of the molecule is CC(C)(O)c1ccc2c(c1)C(=O)N(Cc1ccc(Cl)cc1S(=O)(=O)N1CCOCC1)[C@@H]2OCC1(CO)CC1. The van der Waals surface area contributed by atoms with Crippen molar-refractivity contribution >= 4 is 27.5 Å². The minimum Gasteiger partial charge on any atom is -0.396 e. The number of carbonyl (C=O) groups excluding carboxylic acids is 1. The van der Waals surface area contributed by atoms with Crippen LogP contribution in [-0.2, 0) is 31.6 Å². The van der Waals surface area contributed by atoms with Gasteiger partial charge in [0.05, 0.1) is 43.5 Å². The summed E-state index contributed by atoms with van der Waals surface area (Å²) in [6.07, 6.45) is 0.911. The lowest BCUT2D eigenvalue weighted by Crippen LogP contribution is -2.41. The van der Waals surface area contributed by atoms with Crippen LogP contribution in [0.1, 0.15) is 60.0 Å². The van der Waals surface area contributed by atoms with Gasteiger partial charge in [0, 0.05) is 34.7 Å². The van der Waals surface area contributed by atoms with E-state index in [2.05, 4.69) is 0 Å². The summed E-state index contributed by atoms with van der Waals surface area (Å²) in [6, 6.07) is 9.86. The first-order valence-electron chi connectivity index (χ1n) is 12.7. The highest BCUT2D eigenvalue weighted by Crippen LogP contribution is 2.47. The minimum atomic E-state index is -3.89. The van der Waals surface area contributed by atoms with E-state index in [1.165, 1.54) is 15.3 Å². The van der Waals surface area contributed by atoms with Crippen molar-refractivity contribution in [1.29, 1.82) is 0 Å². The Labute approximate surface area is 228 Å². The molecule has 0 unspecified atom stereocenters. The number of amides is 1. The molecule has 2 aromatic rings. The molecule has 11 heteroatoms. The topological polar surface area (TPSA) is 117 Å². The maximum Gasteiger partial charge on any atom is 0.256 e. The van der Waals surface area contributed by atoms with E-state index in [0.717, 1.165) is 12.8 Å². The third kappa shape index (κ3) is 5.23. The van der Waals surface area contributed by atoms with E-state index in [4.69, 9.17) is 21.1 Å². The Hall–Kier alpha value is -2.05. The molecule has 5 rings (SSSR count). The van der Waals surface area contributed by atoms with Gasteiger partial charge < -0.3 is 24.6 Å². The van der Waals surface area contributed by atoms with E-state index in [-0.39, 0.29) is 54.1 Å². The van der Waals surface area contributed by atoms with Gasteiger partial charge in [-0.05, 0) is 56.0 Å². The van der Waals surface area contributed by atoms with E-state index in [9.17, 15) is 23.4 Å². The molecule has 3 aliphatic rings. The van der Waals surface area contributed by atoms with Crippen LogP contribution < -0.4 is 0 Å². The Morgan fingerprint density at radius 3 is 2.50 bits per heavy atom. The third-order valence-corrected chi connectivity index (χ3v) is 9.81. The van der Waals surface area contributed by atoms with Crippen LogP contribution in [0, 0.1) is 5.41 Å². The molecule has 0 spiro atoms. The quantitative estimate of drug-likeness (QED) is 0.481. The Morgan fingerprint density at radius 1 is 1.16 bits per heavy atom. The summed E-state index contributed by atoms with van der Waals surface area (Å²) in [6.45, 7) is 4.61. The molecule has 2 aliphatic heterocycles. The fraction of sp³-hybridized carbons (Fsp3) is 0.519. The molecule has 1 aliphatic carbocycles. The van der Waals surface area contributed by atoms with Gasteiger partial charge in [0.2, 0.25) is 10.0 Å². The first kappa shape index (κ1) is 27.5. The average molecular weight is 565 g/mol. The molecule has 0 radical (unpaired) electrons. The number of sulfonamides is 1. The molecule has 1 atom stereocenters. The largest absolute Gasteiger partial charge is 0.396 e. The smallest absolute Gasteiger partial charge is 0.256 e. The Kier molecular flexibility index (Phi) is 7.36. The Balaban J connectivity index is 1.51. The minimum absolute atomic E-state index is 0.00269. The van der Waals surface area contributed by atoms with Gasteiger partial charge in [-0.3, -0.25) is 4.79 Å². The zero-order valence-electron chi connectivity index (χ0n) is 21.5. The standard InChI is InChI=1S/C27H33ClN2O7S/c1-26(2,33)19-4-6-21-22(13-19)24(32)30(25(21)37-17-27(16-31)7-8-27)15-18-3-5-20(28)14-23(18)38(34,35)29-9-11-36-12-10-29/h3-6,13-14,25,31,33H,7-12,15-17H2,1-2H3/t25-/m1/s1. The predicted molar refractivity (Wildman–Crippen MR) is 140 cm³/mol. The number of carbonyl (C=O) groups is 1. The fourth-order valence-electron chi connectivity index (χ4n) is 4.89. The fourth-order valence-corrected chi connectivity index (χ4v) is 6.77. The number of hydrogen-bond acceptors (Lipinski definition) is 7. The molecule has 1 saturated heterocycles. The second-order valence-electron chi connectivity index (χ2n) is 10.9. The van der Waals surface area contributed by atoms with Crippen LogP contribution >= 0.6 is 11.6 Å². The van der Waals surface area contributed by atoms with Crippen LogP contribution in [0.4, 0.5) is 0 Å².